The standard InChI is InChI=1S/C20H31NO4/c1-13(2)16-10-8-15(9-11-16)12-17(18(22)24-14(3)4)21-19(23)25-20(5,6)7/h8-11,13-14,17H,12H2,1-7H3,(H,21,23)/t17-/m1/s1. The molecule has 0 aromatic heterocycles. The summed E-state index contributed by atoms with van der Waals surface area (Å²) in [5, 5.41) is 2.63. The molecule has 0 fully saturated rings. The molecule has 0 aliphatic heterocycles. The fourth-order valence-electron chi connectivity index (χ4n) is 2.23. The van der Waals surface area contributed by atoms with E-state index in [2.05, 4.69) is 19.2 Å². The van der Waals surface area contributed by atoms with Gasteiger partial charge in [0.1, 0.15) is 11.6 Å². The highest BCUT2D eigenvalue weighted by molar-refractivity contribution is 5.81. The highest BCUT2D eigenvalue weighted by Crippen LogP contribution is 2.16. The molecule has 0 aliphatic carbocycles. The van der Waals surface area contributed by atoms with Crippen molar-refractivity contribution in [2.45, 2.75) is 78.6 Å². The van der Waals surface area contributed by atoms with Gasteiger partial charge in [0, 0.05) is 6.42 Å². The predicted molar refractivity (Wildman–Crippen MR) is 98.6 cm³/mol. The number of hydrogen-bond acceptors (Lipinski definition) is 4. The van der Waals surface area contributed by atoms with Crippen molar-refractivity contribution in [2.24, 2.45) is 0 Å². The largest absolute Gasteiger partial charge is 0.461 e. The maximum atomic E-state index is 12.3. The molecular formula is C20H31NO4. The molecule has 0 radical (unpaired) electrons. The summed E-state index contributed by atoms with van der Waals surface area (Å²) in [7, 11) is 0. The summed E-state index contributed by atoms with van der Waals surface area (Å²) < 4.78 is 10.5. The number of carbonyl (C=O) groups is 2. The Balaban J connectivity index is 2.86. The molecule has 0 saturated carbocycles. The van der Waals surface area contributed by atoms with Crippen molar-refractivity contribution in [3.8, 4) is 0 Å². The lowest BCUT2D eigenvalue weighted by atomic mass is 9.99. The maximum absolute atomic E-state index is 12.3. The normalized spacial score (nSPS) is 12.8. The molecular weight excluding hydrogens is 318 g/mol. The first kappa shape index (κ1) is 21.0. The molecule has 5 heteroatoms. The number of ether oxygens (including phenoxy) is 2. The number of carbonyl (C=O) groups excluding carboxylic acids is 2. The number of rotatable bonds is 6. The first-order valence-corrected chi connectivity index (χ1v) is 8.76. The minimum Gasteiger partial charge on any atom is -0.461 e. The molecule has 1 atom stereocenters. The van der Waals surface area contributed by atoms with Gasteiger partial charge in [0.15, 0.2) is 0 Å². The van der Waals surface area contributed by atoms with Crippen LogP contribution in [0.2, 0.25) is 0 Å². The zero-order valence-electron chi connectivity index (χ0n) is 16.4. The van der Waals surface area contributed by atoms with Crippen LogP contribution < -0.4 is 5.32 Å². The first-order chi connectivity index (χ1) is 11.5. The van der Waals surface area contributed by atoms with Gasteiger partial charge in [0.25, 0.3) is 0 Å². The van der Waals surface area contributed by atoms with Gasteiger partial charge in [-0.1, -0.05) is 38.1 Å². The van der Waals surface area contributed by atoms with Crippen LogP contribution in [-0.2, 0) is 20.7 Å². The van der Waals surface area contributed by atoms with E-state index in [1.165, 1.54) is 5.56 Å². The van der Waals surface area contributed by atoms with Crippen molar-refractivity contribution in [2.75, 3.05) is 0 Å². The third kappa shape index (κ3) is 8.05. The number of amides is 1. The van der Waals surface area contributed by atoms with Crippen LogP contribution in [0.3, 0.4) is 0 Å². The predicted octanol–water partition coefficient (Wildman–Crippen LogP) is 4.20. The summed E-state index contributed by atoms with van der Waals surface area (Å²) in [6.45, 7) is 13.1. The molecule has 0 spiro atoms. The molecule has 140 valence electrons. The van der Waals surface area contributed by atoms with Crippen molar-refractivity contribution in [1.82, 2.24) is 5.32 Å². The summed E-state index contributed by atoms with van der Waals surface area (Å²) >= 11 is 0. The second-order valence-corrected chi connectivity index (χ2v) is 7.78. The molecule has 5 nitrogen and oxygen atoms in total. The van der Waals surface area contributed by atoms with E-state index in [1.807, 2.05) is 24.3 Å². The lowest BCUT2D eigenvalue weighted by molar-refractivity contribution is -0.149. The zero-order valence-corrected chi connectivity index (χ0v) is 16.4. The van der Waals surface area contributed by atoms with Crippen LogP contribution in [0.25, 0.3) is 0 Å². The molecule has 0 saturated heterocycles. The Morgan fingerprint density at radius 1 is 1.04 bits per heavy atom. The van der Waals surface area contributed by atoms with Crippen molar-refractivity contribution in [1.29, 1.82) is 0 Å². The highest BCUT2D eigenvalue weighted by atomic mass is 16.6. The average molecular weight is 349 g/mol. The van der Waals surface area contributed by atoms with E-state index in [9.17, 15) is 9.59 Å². The van der Waals surface area contributed by atoms with Crippen LogP contribution >= 0.6 is 0 Å². The van der Waals surface area contributed by atoms with E-state index in [1.54, 1.807) is 34.6 Å². The minimum absolute atomic E-state index is 0.251. The number of benzene rings is 1. The Morgan fingerprint density at radius 3 is 2.04 bits per heavy atom. The molecule has 1 aromatic rings. The van der Waals surface area contributed by atoms with E-state index in [0.717, 1.165) is 5.56 Å². The van der Waals surface area contributed by atoms with Crippen LogP contribution in [0, 0.1) is 0 Å². The van der Waals surface area contributed by atoms with Crippen LogP contribution in [0.4, 0.5) is 4.79 Å². The quantitative estimate of drug-likeness (QED) is 0.782. The van der Waals surface area contributed by atoms with E-state index in [0.29, 0.717) is 12.3 Å². The summed E-state index contributed by atoms with van der Waals surface area (Å²) in [6.07, 6.45) is -0.529. The van der Waals surface area contributed by atoms with Gasteiger partial charge < -0.3 is 14.8 Å². The van der Waals surface area contributed by atoms with Gasteiger partial charge in [-0.2, -0.15) is 0 Å². The molecule has 25 heavy (non-hydrogen) atoms. The van der Waals surface area contributed by atoms with Crippen molar-refractivity contribution >= 4 is 12.1 Å². The first-order valence-electron chi connectivity index (χ1n) is 8.76. The fraction of sp³-hybridized carbons (Fsp3) is 0.600. The van der Waals surface area contributed by atoms with Crippen molar-refractivity contribution in [3.63, 3.8) is 0 Å². The third-order valence-electron chi connectivity index (χ3n) is 3.41. The molecule has 0 unspecified atom stereocenters. The van der Waals surface area contributed by atoms with Gasteiger partial charge in [0.05, 0.1) is 6.10 Å². The lowest BCUT2D eigenvalue weighted by Gasteiger charge is -2.23. The zero-order chi connectivity index (χ0) is 19.2. The fourth-order valence-corrected chi connectivity index (χ4v) is 2.23. The molecule has 1 aromatic carbocycles. The lowest BCUT2D eigenvalue weighted by Crippen LogP contribution is -2.46. The monoisotopic (exact) mass is 349 g/mol. The Morgan fingerprint density at radius 2 is 1.60 bits per heavy atom. The SMILES string of the molecule is CC(C)OC(=O)[C@@H](Cc1ccc(C(C)C)cc1)NC(=O)OC(C)(C)C. The molecule has 1 N–H and O–H groups in total. The average Bonchev–Trinajstić information content (AvgIpc) is 2.44. The van der Waals surface area contributed by atoms with Gasteiger partial charge in [-0.25, -0.2) is 9.59 Å². The third-order valence-corrected chi connectivity index (χ3v) is 3.41. The van der Waals surface area contributed by atoms with E-state index >= 15 is 0 Å². The Labute approximate surface area is 151 Å². The second-order valence-electron chi connectivity index (χ2n) is 7.78. The molecule has 0 aliphatic rings. The van der Waals surface area contributed by atoms with Crippen LogP contribution in [0.5, 0.6) is 0 Å². The van der Waals surface area contributed by atoms with E-state index < -0.39 is 23.7 Å². The number of hydrogen-bond donors (Lipinski definition) is 1. The van der Waals surface area contributed by atoms with Crippen molar-refractivity contribution in [3.05, 3.63) is 35.4 Å². The summed E-state index contributed by atoms with van der Waals surface area (Å²) in [5.41, 5.74) is 1.55. The number of nitrogens with one attached hydrogen (secondary N) is 1. The summed E-state index contributed by atoms with van der Waals surface area (Å²) in [4.78, 5) is 24.4. The van der Waals surface area contributed by atoms with Crippen LogP contribution in [0.1, 0.15) is 65.5 Å². The van der Waals surface area contributed by atoms with Gasteiger partial charge in [-0.3, -0.25) is 0 Å². The minimum atomic E-state index is -0.790. The van der Waals surface area contributed by atoms with E-state index in [4.69, 9.17) is 9.47 Å². The van der Waals surface area contributed by atoms with Gasteiger partial charge in [0.2, 0.25) is 0 Å². The van der Waals surface area contributed by atoms with Gasteiger partial charge in [-0.05, 0) is 51.7 Å². The Hall–Kier alpha value is -2.04. The number of alkyl carbamates (subject to hydrolysis) is 1. The van der Waals surface area contributed by atoms with Crippen LogP contribution in [-0.4, -0.2) is 29.8 Å². The highest BCUT2D eigenvalue weighted by Gasteiger charge is 2.26. The summed E-state index contributed by atoms with van der Waals surface area (Å²) in [5.74, 6) is -0.0237. The van der Waals surface area contributed by atoms with Gasteiger partial charge >= 0.3 is 12.1 Å². The molecule has 1 amide bonds. The molecule has 0 bridgehead atoms. The smallest absolute Gasteiger partial charge is 0.408 e. The van der Waals surface area contributed by atoms with Crippen molar-refractivity contribution < 1.29 is 19.1 Å². The maximum Gasteiger partial charge on any atom is 0.408 e. The van der Waals surface area contributed by atoms with E-state index in [-0.39, 0.29) is 6.10 Å². The molecule has 0 heterocycles. The second kappa shape index (κ2) is 8.88. The summed E-state index contributed by atoms with van der Waals surface area (Å²) in [6, 6.07) is 7.24. The van der Waals surface area contributed by atoms with Crippen LogP contribution in [0.15, 0.2) is 24.3 Å². The number of esters is 1. The van der Waals surface area contributed by atoms with Gasteiger partial charge in [-0.15, -0.1) is 0 Å². The topological polar surface area (TPSA) is 64.6 Å². The molecule has 1 rings (SSSR count). The Bertz CT molecular complexity index is 570. The Kier molecular flexibility index (Phi) is 7.46.